The van der Waals surface area contributed by atoms with Gasteiger partial charge < -0.3 is 5.32 Å². The largest absolute Gasteiger partial charge is 0.405 e. The SMILES string of the molecule is CC(C)c1cccc(NS(=O)(=O)c2ccc(C(=O)NCC(F)(F)F)cc2)c1. The van der Waals surface area contributed by atoms with E-state index < -0.39 is 28.7 Å². The van der Waals surface area contributed by atoms with Crippen molar-refractivity contribution in [2.24, 2.45) is 0 Å². The minimum absolute atomic E-state index is 0.0694. The highest BCUT2D eigenvalue weighted by molar-refractivity contribution is 7.92. The van der Waals surface area contributed by atoms with Crippen LogP contribution in [0.3, 0.4) is 0 Å². The molecule has 0 aromatic heterocycles. The third kappa shape index (κ3) is 5.99. The van der Waals surface area contributed by atoms with Gasteiger partial charge in [0, 0.05) is 11.3 Å². The fourth-order valence-corrected chi connectivity index (χ4v) is 3.29. The van der Waals surface area contributed by atoms with E-state index in [0.29, 0.717) is 5.69 Å². The monoisotopic (exact) mass is 400 g/mol. The van der Waals surface area contributed by atoms with Crippen LogP contribution >= 0.6 is 0 Å². The van der Waals surface area contributed by atoms with E-state index in [0.717, 1.165) is 29.8 Å². The van der Waals surface area contributed by atoms with E-state index in [4.69, 9.17) is 0 Å². The van der Waals surface area contributed by atoms with E-state index in [-0.39, 0.29) is 16.4 Å². The maximum absolute atomic E-state index is 12.5. The summed E-state index contributed by atoms with van der Waals surface area (Å²) < 4.78 is 63.8. The summed E-state index contributed by atoms with van der Waals surface area (Å²) in [4.78, 5) is 11.6. The minimum Gasteiger partial charge on any atom is -0.343 e. The average Bonchev–Trinajstić information content (AvgIpc) is 2.59. The third-order valence-corrected chi connectivity index (χ3v) is 5.08. The van der Waals surface area contributed by atoms with Crippen LogP contribution in [0.2, 0.25) is 0 Å². The maximum Gasteiger partial charge on any atom is 0.405 e. The number of alkyl halides is 3. The molecule has 0 radical (unpaired) electrons. The summed E-state index contributed by atoms with van der Waals surface area (Å²) in [5, 5.41) is 1.72. The highest BCUT2D eigenvalue weighted by atomic mass is 32.2. The molecule has 2 aromatic rings. The van der Waals surface area contributed by atoms with Crippen molar-refractivity contribution in [2.45, 2.75) is 30.8 Å². The van der Waals surface area contributed by atoms with Crippen molar-refractivity contribution < 1.29 is 26.4 Å². The van der Waals surface area contributed by atoms with Crippen molar-refractivity contribution in [3.63, 3.8) is 0 Å². The van der Waals surface area contributed by atoms with Crippen LogP contribution in [0.25, 0.3) is 0 Å². The molecule has 0 aliphatic carbocycles. The molecule has 0 fully saturated rings. The molecule has 146 valence electrons. The van der Waals surface area contributed by atoms with Gasteiger partial charge in [-0.05, 0) is 47.9 Å². The number of sulfonamides is 1. The molecule has 0 aliphatic heterocycles. The van der Waals surface area contributed by atoms with Gasteiger partial charge in [0.15, 0.2) is 0 Å². The van der Waals surface area contributed by atoms with Crippen LogP contribution in [0, 0.1) is 0 Å². The molecular weight excluding hydrogens is 381 g/mol. The second-order valence-electron chi connectivity index (χ2n) is 6.21. The van der Waals surface area contributed by atoms with Crippen molar-refractivity contribution in [2.75, 3.05) is 11.3 Å². The Balaban J connectivity index is 2.13. The Hall–Kier alpha value is -2.55. The van der Waals surface area contributed by atoms with Gasteiger partial charge in [-0.1, -0.05) is 26.0 Å². The zero-order valence-electron chi connectivity index (χ0n) is 14.7. The first-order chi connectivity index (χ1) is 12.5. The number of hydrogen-bond acceptors (Lipinski definition) is 3. The van der Waals surface area contributed by atoms with Gasteiger partial charge in [0.2, 0.25) is 0 Å². The Bertz CT molecular complexity index is 908. The lowest BCUT2D eigenvalue weighted by Gasteiger charge is -2.12. The quantitative estimate of drug-likeness (QED) is 0.772. The van der Waals surface area contributed by atoms with Crippen LogP contribution in [-0.4, -0.2) is 27.0 Å². The predicted molar refractivity (Wildman–Crippen MR) is 96.2 cm³/mol. The fourth-order valence-electron chi connectivity index (χ4n) is 2.24. The Labute approximate surface area is 155 Å². The number of carbonyl (C=O) groups excluding carboxylic acids is 1. The standard InChI is InChI=1S/C18H19F3N2O3S/c1-12(2)14-4-3-5-15(10-14)23-27(25,26)16-8-6-13(7-9-16)17(24)22-11-18(19,20)21/h3-10,12,23H,11H2,1-2H3,(H,22,24). The van der Waals surface area contributed by atoms with Crippen molar-refractivity contribution >= 4 is 21.6 Å². The van der Waals surface area contributed by atoms with Gasteiger partial charge in [0.05, 0.1) is 4.90 Å². The van der Waals surface area contributed by atoms with Crippen LogP contribution in [0.15, 0.2) is 53.4 Å². The number of hydrogen-bond donors (Lipinski definition) is 2. The van der Waals surface area contributed by atoms with E-state index in [1.807, 2.05) is 19.9 Å². The van der Waals surface area contributed by atoms with E-state index >= 15 is 0 Å². The second-order valence-corrected chi connectivity index (χ2v) is 7.89. The number of anilines is 1. The van der Waals surface area contributed by atoms with Crippen LogP contribution in [0.1, 0.15) is 35.7 Å². The first-order valence-corrected chi connectivity index (χ1v) is 9.54. The van der Waals surface area contributed by atoms with Crippen LogP contribution in [0.4, 0.5) is 18.9 Å². The molecule has 27 heavy (non-hydrogen) atoms. The average molecular weight is 400 g/mol. The lowest BCUT2D eigenvalue weighted by molar-refractivity contribution is -0.123. The van der Waals surface area contributed by atoms with Gasteiger partial charge >= 0.3 is 6.18 Å². The molecule has 0 unspecified atom stereocenters. The van der Waals surface area contributed by atoms with Crippen LogP contribution in [-0.2, 0) is 10.0 Å². The van der Waals surface area contributed by atoms with Gasteiger partial charge in [-0.2, -0.15) is 13.2 Å². The van der Waals surface area contributed by atoms with Gasteiger partial charge in [-0.15, -0.1) is 0 Å². The topological polar surface area (TPSA) is 75.3 Å². The smallest absolute Gasteiger partial charge is 0.343 e. The molecule has 0 atom stereocenters. The summed E-state index contributed by atoms with van der Waals surface area (Å²) in [6.07, 6.45) is -4.52. The van der Waals surface area contributed by atoms with Crippen LogP contribution < -0.4 is 10.0 Å². The zero-order valence-corrected chi connectivity index (χ0v) is 15.5. The van der Waals surface area contributed by atoms with Crippen molar-refractivity contribution in [3.8, 4) is 0 Å². The summed E-state index contributed by atoms with van der Waals surface area (Å²) in [7, 11) is -3.90. The van der Waals surface area contributed by atoms with Gasteiger partial charge in [-0.25, -0.2) is 8.42 Å². The number of carbonyl (C=O) groups is 1. The summed E-state index contributed by atoms with van der Waals surface area (Å²) in [5.41, 5.74) is 1.29. The summed E-state index contributed by atoms with van der Waals surface area (Å²) in [5.74, 6) is -0.710. The van der Waals surface area contributed by atoms with Gasteiger partial charge in [-0.3, -0.25) is 9.52 Å². The van der Waals surface area contributed by atoms with Crippen molar-refractivity contribution in [1.82, 2.24) is 5.32 Å². The summed E-state index contributed by atoms with van der Waals surface area (Å²) in [6, 6.07) is 11.6. The highest BCUT2D eigenvalue weighted by Crippen LogP contribution is 2.21. The molecule has 0 saturated carbocycles. The Morgan fingerprint density at radius 3 is 2.26 bits per heavy atom. The molecule has 0 heterocycles. The Kier molecular flexibility index (Phi) is 6.15. The molecule has 1 amide bonds. The summed E-state index contributed by atoms with van der Waals surface area (Å²) in [6.45, 7) is 2.51. The second kappa shape index (κ2) is 7.99. The first-order valence-electron chi connectivity index (χ1n) is 8.06. The number of rotatable bonds is 6. The van der Waals surface area contributed by atoms with Crippen molar-refractivity contribution in [1.29, 1.82) is 0 Å². The number of amides is 1. The molecule has 5 nitrogen and oxygen atoms in total. The maximum atomic E-state index is 12.5. The molecule has 0 aliphatic rings. The molecule has 2 aromatic carbocycles. The molecule has 2 N–H and O–H groups in total. The zero-order chi connectivity index (χ0) is 20.2. The Morgan fingerprint density at radius 1 is 1.07 bits per heavy atom. The molecule has 2 rings (SSSR count). The normalized spacial score (nSPS) is 12.1. The molecule has 9 heteroatoms. The molecular formula is C18H19F3N2O3S. The number of nitrogens with one attached hydrogen (secondary N) is 2. The third-order valence-electron chi connectivity index (χ3n) is 3.68. The fraction of sp³-hybridized carbons (Fsp3) is 0.278. The van der Waals surface area contributed by atoms with Gasteiger partial charge in [0.25, 0.3) is 15.9 Å². The minimum atomic E-state index is -4.52. The molecule has 0 saturated heterocycles. The molecule has 0 spiro atoms. The van der Waals surface area contributed by atoms with Crippen molar-refractivity contribution in [3.05, 3.63) is 59.7 Å². The number of benzene rings is 2. The van der Waals surface area contributed by atoms with E-state index in [1.165, 1.54) is 0 Å². The van der Waals surface area contributed by atoms with E-state index in [1.54, 1.807) is 23.5 Å². The number of halogens is 3. The van der Waals surface area contributed by atoms with E-state index in [9.17, 15) is 26.4 Å². The summed E-state index contributed by atoms with van der Waals surface area (Å²) >= 11 is 0. The molecule has 0 bridgehead atoms. The first kappa shape index (κ1) is 20.8. The van der Waals surface area contributed by atoms with E-state index in [2.05, 4.69) is 4.72 Å². The Morgan fingerprint density at radius 2 is 1.70 bits per heavy atom. The lowest BCUT2D eigenvalue weighted by Crippen LogP contribution is -2.33. The van der Waals surface area contributed by atoms with Gasteiger partial charge in [0.1, 0.15) is 6.54 Å². The highest BCUT2D eigenvalue weighted by Gasteiger charge is 2.28. The predicted octanol–water partition coefficient (Wildman–Crippen LogP) is 3.90. The van der Waals surface area contributed by atoms with Crippen LogP contribution in [0.5, 0.6) is 0 Å². The lowest BCUT2D eigenvalue weighted by atomic mass is 10.0.